The average Bonchev–Trinajstić information content (AvgIpc) is 3.06. The van der Waals surface area contributed by atoms with Gasteiger partial charge in [-0.3, -0.25) is 14.4 Å². The van der Waals surface area contributed by atoms with Crippen molar-refractivity contribution in [3.05, 3.63) is 53.1 Å². The van der Waals surface area contributed by atoms with Crippen molar-refractivity contribution < 1.29 is 9.18 Å². The Morgan fingerprint density at radius 3 is 2.59 bits per heavy atom. The number of nitrogens with zero attached hydrogens (tertiary/aromatic N) is 3. The van der Waals surface area contributed by atoms with E-state index in [2.05, 4.69) is 29.2 Å². The van der Waals surface area contributed by atoms with E-state index in [1.165, 1.54) is 12.1 Å². The highest BCUT2D eigenvalue weighted by molar-refractivity contribution is 5.95. The summed E-state index contributed by atoms with van der Waals surface area (Å²) in [4.78, 5) is 15.0. The molecule has 5 nitrogen and oxygen atoms in total. The minimum absolute atomic E-state index is 0.0287. The molecule has 1 amide bonds. The Balaban J connectivity index is 1.51. The van der Waals surface area contributed by atoms with Gasteiger partial charge in [-0.05, 0) is 50.8 Å². The maximum absolute atomic E-state index is 13.0. The lowest BCUT2D eigenvalue weighted by Crippen LogP contribution is -2.44. The fourth-order valence-electron chi connectivity index (χ4n) is 3.61. The molecule has 1 aliphatic heterocycles. The molecule has 0 spiro atoms. The number of likely N-dealkylation sites (tertiary alicyclic amines) is 1. The van der Waals surface area contributed by atoms with E-state index < -0.39 is 0 Å². The van der Waals surface area contributed by atoms with Crippen LogP contribution in [0.4, 0.5) is 4.39 Å². The van der Waals surface area contributed by atoms with Crippen LogP contribution in [-0.4, -0.2) is 39.7 Å². The van der Waals surface area contributed by atoms with Gasteiger partial charge in [0.2, 0.25) is 0 Å². The van der Waals surface area contributed by atoms with E-state index in [0.29, 0.717) is 11.6 Å². The largest absolute Gasteiger partial charge is 0.349 e. The molecule has 0 bridgehead atoms. The number of aromatic nitrogens is 2. The number of hydrogen-bond acceptors (Lipinski definition) is 3. The Bertz CT molecular complexity index is 763. The number of rotatable bonds is 6. The van der Waals surface area contributed by atoms with Gasteiger partial charge in [-0.25, -0.2) is 4.39 Å². The number of nitrogens with one attached hydrogen (secondary N) is 1. The van der Waals surface area contributed by atoms with Gasteiger partial charge in [0.1, 0.15) is 5.82 Å². The molecule has 1 aromatic heterocycles. The van der Waals surface area contributed by atoms with E-state index in [1.807, 2.05) is 23.7 Å². The summed E-state index contributed by atoms with van der Waals surface area (Å²) >= 11 is 0. The van der Waals surface area contributed by atoms with E-state index in [4.69, 9.17) is 0 Å². The number of hydrogen-bond donors (Lipinski definition) is 1. The van der Waals surface area contributed by atoms with E-state index in [1.54, 1.807) is 6.20 Å². The molecule has 2 aromatic rings. The second-order valence-electron chi connectivity index (χ2n) is 7.50. The minimum atomic E-state index is -0.202. The number of amides is 1. The van der Waals surface area contributed by atoms with Crippen LogP contribution in [0.25, 0.3) is 0 Å². The normalized spacial score (nSPS) is 17.0. The van der Waals surface area contributed by atoms with Gasteiger partial charge in [0.15, 0.2) is 0 Å². The number of carbonyl (C=O) groups is 1. The highest BCUT2D eigenvalue weighted by atomic mass is 19.1. The van der Waals surface area contributed by atoms with E-state index in [9.17, 15) is 9.18 Å². The fraction of sp³-hybridized carbons (Fsp3) is 0.524. The molecule has 6 heteroatoms. The third-order valence-corrected chi connectivity index (χ3v) is 5.54. The van der Waals surface area contributed by atoms with E-state index >= 15 is 0 Å². The zero-order valence-electron chi connectivity index (χ0n) is 16.4. The lowest BCUT2D eigenvalue weighted by Gasteiger charge is -2.32. The maximum Gasteiger partial charge on any atom is 0.254 e. The average molecular weight is 372 g/mol. The summed E-state index contributed by atoms with van der Waals surface area (Å²) < 4.78 is 14.9. The Hall–Kier alpha value is -2.21. The highest BCUT2D eigenvalue weighted by Gasteiger charge is 2.23. The van der Waals surface area contributed by atoms with Gasteiger partial charge in [0.25, 0.3) is 5.91 Å². The zero-order chi connectivity index (χ0) is 19.4. The molecule has 1 saturated heterocycles. The summed E-state index contributed by atoms with van der Waals surface area (Å²) in [6.07, 6.45) is 4.51. The van der Waals surface area contributed by atoms with Crippen molar-refractivity contribution >= 4 is 5.91 Å². The first kappa shape index (κ1) is 19.5. The molecule has 0 radical (unpaired) electrons. The molecular formula is C21H29FN4O. The predicted octanol–water partition coefficient (Wildman–Crippen LogP) is 3.70. The first-order valence-electron chi connectivity index (χ1n) is 9.79. The smallest absolute Gasteiger partial charge is 0.254 e. The molecule has 1 atom stereocenters. The summed E-state index contributed by atoms with van der Waals surface area (Å²) in [6, 6.07) is 7.16. The third kappa shape index (κ3) is 4.75. The molecule has 146 valence electrons. The fourth-order valence-corrected chi connectivity index (χ4v) is 3.61. The quantitative estimate of drug-likeness (QED) is 0.841. The van der Waals surface area contributed by atoms with Crippen LogP contribution >= 0.6 is 0 Å². The number of piperidine rings is 1. The van der Waals surface area contributed by atoms with Gasteiger partial charge >= 0.3 is 0 Å². The molecule has 2 heterocycles. The molecule has 3 rings (SSSR count). The van der Waals surface area contributed by atoms with Crippen LogP contribution in [0.3, 0.4) is 0 Å². The molecule has 27 heavy (non-hydrogen) atoms. The standard InChI is InChI=1S/C21H29FN4O/c1-4-15(2)26-16(3)20(13-23-26)21(27)24-19-9-11-25(12-10-19)14-17-5-7-18(22)8-6-17/h5-8,13,15,19H,4,9-12,14H2,1-3H3,(H,24,27)/t15-/m1/s1. The molecule has 1 aromatic carbocycles. The van der Waals surface area contributed by atoms with Gasteiger partial charge in [-0.15, -0.1) is 0 Å². The summed E-state index contributed by atoms with van der Waals surface area (Å²) in [5, 5.41) is 7.56. The summed E-state index contributed by atoms with van der Waals surface area (Å²) in [7, 11) is 0. The van der Waals surface area contributed by atoms with Gasteiger partial charge in [-0.2, -0.15) is 5.10 Å². The Labute approximate surface area is 160 Å². The topological polar surface area (TPSA) is 50.2 Å². The second kappa shape index (κ2) is 8.65. The monoisotopic (exact) mass is 372 g/mol. The van der Waals surface area contributed by atoms with Crippen molar-refractivity contribution in [1.29, 1.82) is 0 Å². The van der Waals surface area contributed by atoms with Gasteiger partial charge in [0.05, 0.1) is 11.8 Å². The number of carbonyl (C=O) groups excluding carboxylic acids is 1. The molecule has 1 fully saturated rings. The van der Waals surface area contributed by atoms with E-state index in [-0.39, 0.29) is 17.8 Å². The Morgan fingerprint density at radius 2 is 1.96 bits per heavy atom. The lowest BCUT2D eigenvalue weighted by atomic mass is 10.0. The van der Waals surface area contributed by atoms with Crippen molar-refractivity contribution in [2.24, 2.45) is 0 Å². The highest BCUT2D eigenvalue weighted by Crippen LogP contribution is 2.18. The molecule has 0 aliphatic carbocycles. The van der Waals surface area contributed by atoms with Crippen molar-refractivity contribution in [1.82, 2.24) is 20.0 Å². The van der Waals surface area contributed by atoms with Crippen LogP contribution in [0.5, 0.6) is 0 Å². The SMILES string of the molecule is CC[C@@H](C)n1ncc(C(=O)NC2CCN(Cc3ccc(F)cc3)CC2)c1C. The van der Waals surface area contributed by atoms with Crippen LogP contribution in [0.2, 0.25) is 0 Å². The predicted molar refractivity (Wildman–Crippen MR) is 104 cm³/mol. The van der Waals surface area contributed by atoms with E-state index in [0.717, 1.165) is 50.2 Å². The Morgan fingerprint density at radius 1 is 1.30 bits per heavy atom. The second-order valence-corrected chi connectivity index (χ2v) is 7.50. The zero-order valence-corrected chi connectivity index (χ0v) is 16.4. The third-order valence-electron chi connectivity index (χ3n) is 5.54. The lowest BCUT2D eigenvalue weighted by molar-refractivity contribution is 0.0908. The molecule has 0 saturated carbocycles. The van der Waals surface area contributed by atoms with Gasteiger partial charge < -0.3 is 5.32 Å². The van der Waals surface area contributed by atoms with Gasteiger partial charge in [-0.1, -0.05) is 19.1 Å². The number of halogens is 1. The van der Waals surface area contributed by atoms with Gasteiger partial charge in [0, 0.05) is 37.4 Å². The van der Waals surface area contributed by atoms with Crippen molar-refractivity contribution in [3.8, 4) is 0 Å². The Kier molecular flexibility index (Phi) is 6.26. The van der Waals surface area contributed by atoms with Crippen molar-refractivity contribution in [2.45, 2.75) is 58.7 Å². The molecule has 0 unspecified atom stereocenters. The van der Waals surface area contributed by atoms with Crippen LogP contribution in [0.1, 0.15) is 60.8 Å². The number of benzene rings is 1. The van der Waals surface area contributed by atoms with Crippen molar-refractivity contribution in [2.75, 3.05) is 13.1 Å². The molecular weight excluding hydrogens is 343 g/mol. The van der Waals surface area contributed by atoms with Crippen LogP contribution in [-0.2, 0) is 6.54 Å². The van der Waals surface area contributed by atoms with Crippen LogP contribution < -0.4 is 5.32 Å². The summed E-state index contributed by atoms with van der Waals surface area (Å²) in [6.45, 7) is 8.85. The van der Waals surface area contributed by atoms with Crippen LogP contribution in [0, 0.1) is 12.7 Å². The van der Waals surface area contributed by atoms with Crippen molar-refractivity contribution in [3.63, 3.8) is 0 Å². The molecule has 1 N–H and O–H groups in total. The van der Waals surface area contributed by atoms with Crippen LogP contribution in [0.15, 0.2) is 30.5 Å². The summed E-state index contributed by atoms with van der Waals surface area (Å²) in [5.41, 5.74) is 2.71. The first-order valence-corrected chi connectivity index (χ1v) is 9.79. The maximum atomic E-state index is 13.0. The molecule has 1 aliphatic rings. The minimum Gasteiger partial charge on any atom is -0.349 e. The summed E-state index contributed by atoms with van der Waals surface area (Å²) in [5.74, 6) is -0.230. The first-order chi connectivity index (χ1) is 13.0.